The molecule has 1 N–H and O–H groups in total. The lowest BCUT2D eigenvalue weighted by Crippen LogP contribution is -2.14. The zero-order valence-corrected chi connectivity index (χ0v) is 12.4. The zero-order valence-electron chi connectivity index (χ0n) is 11.6. The third kappa shape index (κ3) is 4.20. The number of hydrogen-bond donors (Lipinski definition) is 1. The number of aromatic amines is 1. The molecule has 2 aromatic rings. The number of H-pyrrole nitrogens is 1. The van der Waals surface area contributed by atoms with E-state index in [1.165, 1.54) is 19.3 Å². The summed E-state index contributed by atoms with van der Waals surface area (Å²) in [7, 11) is 0. The van der Waals surface area contributed by atoms with Gasteiger partial charge in [0.25, 0.3) is 5.56 Å². The summed E-state index contributed by atoms with van der Waals surface area (Å²) in [6.07, 6.45) is 4.86. The van der Waals surface area contributed by atoms with Crippen molar-refractivity contribution in [2.45, 2.75) is 37.8 Å². The van der Waals surface area contributed by atoms with Gasteiger partial charge < -0.3 is 0 Å². The average molecular weight is 289 g/mol. The van der Waals surface area contributed by atoms with Crippen LogP contribution in [0.5, 0.6) is 0 Å². The van der Waals surface area contributed by atoms with E-state index in [9.17, 15) is 4.79 Å². The van der Waals surface area contributed by atoms with E-state index in [2.05, 4.69) is 22.1 Å². The molecule has 0 radical (unpaired) electrons. The van der Waals surface area contributed by atoms with Crippen LogP contribution >= 0.6 is 11.8 Å². The molecule has 0 atom stereocenters. The van der Waals surface area contributed by atoms with Crippen LogP contribution < -0.4 is 5.56 Å². The fourth-order valence-corrected chi connectivity index (χ4v) is 2.67. The molecule has 0 spiro atoms. The Hall–Kier alpha value is -1.62. The number of benzene rings is 1. The Morgan fingerprint density at radius 1 is 1.10 bits per heavy atom. The van der Waals surface area contributed by atoms with Crippen LogP contribution in [0.25, 0.3) is 11.3 Å². The summed E-state index contributed by atoms with van der Waals surface area (Å²) in [6.45, 7) is 2.19. The topological polar surface area (TPSA) is 58.6 Å². The standard InChI is InChI=1S/C15H19N3OS/c1-2-3-4-8-11-20-15-16-14(19)13(17-18-15)12-9-6-5-7-10-12/h5-7,9-10H,2-4,8,11H2,1H3,(H,16,18,19). The largest absolute Gasteiger partial charge is 0.298 e. The third-order valence-electron chi connectivity index (χ3n) is 2.96. The molecule has 1 aromatic heterocycles. The van der Waals surface area contributed by atoms with E-state index < -0.39 is 0 Å². The highest BCUT2D eigenvalue weighted by Crippen LogP contribution is 2.15. The van der Waals surface area contributed by atoms with Crippen LogP contribution in [-0.4, -0.2) is 20.9 Å². The number of aromatic nitrogens is 3. The Labute approximate surface area is 123 Å². The van der Waals surface area contributed by atoms with Gasteiger partial charge in [-0.2, -0.15) is 0 Å². The second-order valence-electron chi connectivity index (χ2n) is 4.58. The summed E-state index contributed by atoms with van der Waals surface area (Å²) in [5, 5.41) is 8.74. The first-order valence-electron chi connectivity index (χ1n) is 6.96. The van der Waals surface area contributed by atoms with Crippen LogP contribution in [0.1, 0.15) is 32.6 Å². The summed E-state index contributed by atoms with van der Waals surface area (Å²) in [5.74, 6) is 0.968. The molecule has 1 heterocycles. The van der Waals surface area contributed by atoms with Gasteiger partial charge >= 0.3 is 0 Å². The molecule has 1 aromatic carbocycles. The predicted molar refractivity (Wildman–Crippen MR) is 83.0 cm³/mol. The van der Waals surface area contributed by atoms with Gasteiger partial charge in [-0.05, 0) is 6.42 Å². The van der Waals surface area contributed by atoms with Gasteiger partial charge in [-0.15, -0.1) is 10.2 Å². The molecule has 0 fully saturated rings. The quantitative estimate of drug-likeness (QED) is 0.626. The molecule has 5 heteroatoms. The summed E-state index contributed by atoms with van der Waals surface area (Å²) in [5.41, 5.74) is 0.990. The van der Waals surface area contributed by atoms with Gasteiger partial charge in [0, 0.05) is 11.3 Å². The molecule has 0 saturated heterocycles. The number of nitrogens with zero attached hydrogens (tertiary/aromatic N) is 2. The van der Waals surface area contributed by atoms with Crippen molar-refractivity contribution in [3.8, 4) is 11.3 Å². The molecular weight excluding hydrogens is 270 g/mol. The van der Waals surface area contributed by atoms with E-state index in [1.54, 1.807) is 11.8 Å². The van der Waals surface area contributed by atoms with E-state index >= 15 is 0 Å². The first-order chi connectivity index (χ1) is 9.81. The van der Waals surface area contributed by atoms with Crippen molar-refractivity contribution in [2.75, 3.05) is 5.75 Å². The van der Waals surface area contributed by atoms with Gasteiger partial charge in [-0.3, -0.25) is 9.78 Å². The summed E-state index contributed by atoms with van der Waals surface area (Å²) in [4.78, 5) is 14.8. The minimum Gasteiger partial charge on any atom is -0.298 e. The molecule has 0 aliphatic carbocycles. The number of thioether (sulfide) groups is 1. The first kappa shape index (κ1) is 14.8. The van der Waals surface area contributed by atoms with Crippen LogP contribution in [-0.2, 0) is 0 Å². The first-order valence-corrected chi connectivity index (χ1v) is 7.95. The van der Waals surface area contributed by atoms with Crippen LogP contribution in [0, 0.1) is 0 Å². The molecule has 0 bridgehead atoms. The summed E-state index contributed by atoms with van der Waals surface area (Å²) in [6, 6.07) is 9.39. The van der Waals surface area contributed by atoms with E-state index in [1.807, 2.05) is 30.3 Å². The Morgan fingerprint density at radius 2 is 1.90 bits per heavy atom. The van der Waals surface area contributed by atoms with Crippen molar-refractivity contribution in [3.05, 3.63) is 40.7 Å². The number of unbranched alkanes of at least 4 members (excludes halogenated alkanes) is 3. The Bertz CT molecular complexity index is 583. The fraction of sp³-hybridized carbons (Fsp3) is 0.400. The van der Waals surface area contributed by atoms with Gasteiger partial charge in [-0.25, -0.2) is 0 Å². The molecule has 0 aliphatic rings. The van der Waals surface area contributed by atoms with Crippen molar-refractivity contribution < 1.29 is 0 Å². The van der Waals surface area contributed by atoms with Crippen LogP contribution in [0.2, 0.25) is 0 Å². The van der Waals surface area contributed by atoms with Gasteiger partial charge in [0.15, 0.2) is 10.9 Å². The van der Waals surface area contributed by atoms with Crippen molar-refractivity contribution in [2.24, 2.45) is 0 Å². The lowest BCUT2D eigenvalue weighted by Gasteiger charge is -2.02. The molecule has 4 nitrogen and oxygen atoms in total. The van der Waals surface area contributed by atoms with Crippen LogP contribution in [0.15, 0.2) is 40.3 Å². The smallest absolute Gasteiger partial charge is 0.278 e. The van der Waals surface area contributed by atoms with Gasteiger partial charge in [0.1, 0.15) is 0 Å². The highest BCUT2D eigenvalue weighted by molar-refractivity contribution is 7.99. The minimum atomic E-state index is -0.178. The minimum absolute atomic E-state index is 0.178. The van der Waals surface area contributed by atoms with Gasteiger partial charge in [0.2, 0.25) is 0 Å². The van der Waals surface area contributed by atoms with Crippen LogP contribution in [0.3, 0.4) is 0 Å². The molecule has 0 amide bonds. The molecule has 20 heavy (non-hydrogen) atoms. The van der Waals surface area contributed by atoms with Gasteiger partial charge in [0.05, 0.1) is 0 Å². The van der Waals surface area contributed by atoms with Crippen molar-refractivity contribution in [3.63, 3.8) is 0 Å². The molecule has 0 unspecified atom stereocenters. The SMILES string of the molecule is CCCCCCSc1nnc(-c2ccccc2)c(=O)[nH]1. The average Bonchev–Trinajstić information content (AvgIpc) is 2.48. The van der Waals surface area contributed by atoms with E-state index in [0.717, 1.165) is 17.7 Å². The molecule has 106 valence electrons. The summed E-state index contributed by atoms with van der Waals surface area (Å²) < 4.78 is 0. The highest BCUT2D eigenvalue weighted by atomic mass is 32.2. The van der Waals surface area contributed by atoms with E-state index in [-0.39, 0.29) is 5.56 Å². The second kappa shape index (κ2) is 7.85. The Morgan fingerprint density at radius 3 is 2.60 bits per heavy atom. The fourth-order valence-electron chi connectivity index (χ4n) is 1.87. The number of hydrogen-bond acceptors (Lipinski definition) is 4. The predicted octanol–water partition coefficient (Wildman–Crippen LogP) is 3.50. The van der Waals surface area contributed by atoms with Crippen molar-refractivity contribution in [1.82, 2.24) is 15.2 Å². The maximum absolute atomic E-state index is 12.0. The molecule has 0 aliphatic heterocycles. The molecule has 0 saturated carbocycles. The lowest BCUT2D eigenvalue weighted by atomic mass is 10.2. The zero-order chi connectivity index (χ0) is 14.2. The maximum atomic E-state index is 12.0. The molecule has 2 rings (SSSR count). The van der Waals surface area contributed by atoms with Crippen LogP contribution in [0.4, 0.5) is 0 Å². The molecular formula is C15H19N3OS. The maximum Gasteiger partial charge on any atom is 0.278 e. The summed E-state index contributed by atoms with van der Waals surface area (Å²) >= 11 is 1.56. The normalized spacial score (nSPS) is 10.7. The highest BCUT2D eigenvalue weighted by Gasteiger charge is 2.07. The van der Waals surface area contributed by atoms with E-state index in [0.29, 0.717) is 10.9 Å². The third-order valence-corrected chi connectivity index (χ3v) is 3.91. The van der Waals surface area contributed by atoms with Crippen molar-refractivity contribution in [1.29, 1.82) is 0 Å². The number of rotatable bonds is 7. The number of nitrogens with one attached hydrogen (secondary N) is 1. The lowest BCUT2D eigenvalue weighted by molar-refractivity contribution is 0.705. The van der Waals surface area contributed by atoms with Crippen molar-refractivity contribution >= 4 is 11.8 Å². The Balaban J connectivity index is 1.98. The van der Waals surface area contributed by atoms with Gasteiger partial charge in [-0.1, -0.05) is 68.3 Å². The Kier molecular flexibility index (Phi) is 5.80. The van der Waals surface area contributed by atoms with E-state index in [4.69, 9.17) is 0 Å². The second-order valence-corrected chi connectivity index (χ2v) is 5.67. The monoisotopic (exact) mass is 289 g/mol.